The van der Waals surface area contributed by atoms with Gasteiger partial charge in [0, 0.05) is 42.8 Å². The Morgan fingerprint density at radius 2 is 2.12 bits per heavy atom. The van der Waals surface area contributed by atoms with Gasteiger partial charge in [0.15, 0.2) is 5.69 Å². The van der Waals surface area contributed by atoms with E-state index in [-0.39, 0.29) is 5.91 Å². The zero-order valence-corrected chi connectivity index (χ0v) is 15.7. The fourth-order valence-corrected chi connectivity index (χ4v) is 4.48. The zero-order chi connectivity index (χ0) is 18.3. The third-order valence-electron chi connectivity index (χ3n) is 4.52. The van der Waals surface area contributed by atoms with Gasteiger partial charge in [-0.15, -0.1) is 11.3 Å². The average Bonchev–Trinajstić information content (AvgIpc) is 3.05. The fourth-order valence-electron chi connectivity index (χ4n) is 3.21. The number of nitrogens with zero attached hydrogens (tertiary/aromatic N) is 3. The van der Waals surface area contributed by atoms with Crippen molar-refractivity contribution in [3.63, 3.8) is 0 Å². The number of aryl methyl sites for hydroxylation is 2. The van der Waals surface area contributed by atoms with Gasteiger partial charge >= 0.3 is 0 Å². The molecule has 3 heterocycles. The molecule has 0 spiro atoms. The molecule has 0 fully saturated rings. The van der Waals surface area contributed by atoms with E-state index in [0.717, 1.165) is 35.5 Å². The molecule has 1 aliphatic heterocycles. The highest BCUT2D eigenvalue weighted by Crippen LogP contribution is 2.37. The van der Waals surface area contributed by atoms with Crippen LogP contribution in [0.2, 0.25) is 0 Å². The summed E-state index contributed by atoms with van der Waals surface area (Å²) in [5.41, 5.74) is 8.17. The summed E-state index contributed by atoms with van der Waals surface area (Å²) in [5.74, 6) is -0.816. The first-order chi connectivity index (χ1) is 11.8. The number of hydrogen-bond donors (Lipinski definition) is 2. The summed E-state index contributed by atoms with van der Waals surface area (Å²) >= 11 is 1.44. The predicted molar refractivity (Wildman–Crippen MR) is 98.0 cm³/mol. The van der Waals surface area contributed by atoms with Gasteiger partial charge in [-0.1, -0.05) is 0 Å². The van der Waals surface area contributed by atoms with Crippen LogP contribution in [0, 0.1) is 6.92 Å². The van der Waals surface area contributed by atoms with Crippen molar-refractivity contribution in [2.45, 2.75) is 39.8 Å². The lowest BCUT2D eigenvalue weighted by atomic mass is 10.0. The lowest BCUT2D eigenvalue weighted by molar-refractivity contribution is 0.0999. The largest absolute Gasteiger partial charge is 0.365 e. The molecule has 0 bridgehead atoms. The molecule has 0 saturated heterocycles. The van der Waals surface area contributed by atoms with Crippen LogP contribution in [0.3, 0.4) is 0 Å². The van der Waals surface area contributed by atoms with E-state index in [1.165, 1.54) is 11.3 Å². The molecule has 7 nitrogen and oxygen atoms in total. The molecular weight excluding hydrogens is 338 g/mol. The second-order valence-electron chi connectivity index (χ2n) is 6.67. The maximum Gasteiger partial charge on any atom is 0.277 e. The molecule has 0 saturated carbocycles. The maximum atomic E-state index is 12.6. The van der Waals surface area contributed by atoms with E-state index in [1.54, 1.807) is 17.9 Å². The molecule has 2 aromatic heterocycles. The van der Waals surface area contributed by atoms with Crippen molar-refractivity contribution in [2.75, 3.05) is 11.9 Å². The SMILES string of the molecule is Cc1cn(C)nc1C(=O)Nc1sc2c(c1C(N)=O)CCN(C(C)C)C2. The van der Waals surface area contributed by atoms with Gasteiger partial charge in [-0.3, -0.25) is 19.2 Å². The number of nitrogens with one attached hydrogen (secondary N) is 1. The van der Waals surface area contributed by atoms with E-state index in [2.05, 4.69) is 29.2 Å². The number of nitrogens with two attached hydrogens (primary N) is 1. The molecule has 8 heteroatoms. The standard InChI is InChI=1S/C17H23N5O2S/c1-9(2)22-6-5-11-12(8-22)25-17(13(11)15(18)23)19-16(24)14-10(3)7-21(4)20-14/h7,9H,5-6,8H2,1-4H3,(H2,18,23)(H,19,24). The van der Waals surface area contributed by atoms with Crippen LogP contribution in [0.5, 0.6) is 0 Å². The first-order valence-corrected chi connectivity index (χ1v) is 9.09. The first kappa shape index (κ1) is 17.6. The maximum absolute atomic E-state index is 12.6. The van der Waals surface area contributed by atoms with Crippen LogP contribution in [-0.2, 0) is 20.0 Å². The lowest BCUT2D eigenvalue weighted by Gasteiger charge is -2.30. The predicted octanol–water partition coefficient (Wildman–Crippen LogP) is 1.91. The molecular formula is C17H23N5O2S. The number of hydrogen-bond acceptors (Lipinski definition) is 5. The summed E-state index contributed by atoms with van der Waals surface area (Å²) in [6, 6.07) is 0.432. The number of fused-ring (bicyclic) bond motifs is 1. The van der Waals surface area contributed by atoms with Crippen molar-refractivity contribution in [1.82, 2.24) is 14.7 Å². The molecule has 134 valence electrons. The van der Waals surface area contributed by atoms with E-state index >= 15 is 0 Å². The third kappa shape index (κ3) is 3.32. The van der Waals surface area contributed by atoms with Crippen molar-refractivity contribution in [3.05, 3.63) is 33.5 Å². The summed E-state index contributed by atoms with van der Waals surface area (Å²) in [7, 11) is 1.77. The Balaban J connectivity index is 1.93. The highest BCUT2D eigenvalue weighted by molar-refractivity contribution is 7.17. The van der Waals surface area contributed by atoms with E-state index in [1.807, 2.05) is 6.92 Å². The summed E-state index contributed by atoms with van der Waals surface area (Å²) in [4.78, 5) is 28.0. The average molecular weight is 361 g/mol. The van der Waals surface area contributed by atoms with Gasteiger partial charge in [-0.05, 0) is 32.8 Å². The lowest BCUT2D eigenvalue weighted by Crippen LogP contribution is -2.35. The minimum atomic E-state index is -0.497. The summed E-state index contributed by atoms with van der Waals surface area (Å²) < 4.78 is 1.60. The number of carbonyl (C=O) groups is 2. The van der Waals surface area contributed by atoms with E-state index in [4.69, 9.17) is 5.73 Å². The topological polar surface area (TPSA) is 93.2 Å². The Labute approximate surface area is 150 Å². The summed E-state index contributed by atoms with van der Waals surface area (Å²) in [6.45, 7) is 7.79. The molecule has 0 atom stereocenters. The summed E-state index contributed by atoms with van der Waals surface area (Å²) in [5, 5.41) is 7.56. The van der Waals surface area contributed by atoms with E-state index in [0.29, 0.717) is 22.3 Å². The van der Waals surface area contributed by atoms with Gasteiger partial charge in [-0.2, -0.15) is 5.10 Å². The molecule has 0 unspecified atom stereocenters. The quantitative estimate of drug-likeness (QED) is 0.870. The Bertz CT molecular complexity index is 836. The summed E-state index contributed by atoms with van der Waals surface area (Å²) in [6.07, 6.45) is 2.55. The zero-order valence-electron chi connectivity index (χ0n) is 14.9. The van der Waals surface area contributed by atoms with Crippen LogP contribution < -0.4 is 11.1 Å². The monoisotopic (exact) mass is 361 g/mol. The smallest absolute Gasteiger partial charge is 0.277 e. The second kappa shape index (κ2) is 6.61. The van der Waals surface area contributed by atoms with E-state index in [9.17, 15) is 9.59 Å². The number of thiophene rings is 1. The van der Waals surface area contributed by atoms with Gasteiger partial charge in [-0.25, -0.2) is 0 Å². The highest BCUT2D eigenvalue weighted by atomic mass is 32.1. The third-order valence-corrected chi connectivity index (χ3v) is 5.65. The molecule has 0 aliphatic carbocycles. The van der Waals surface area contributed by atoms with E-state index < -0.39 is 5.91 Å². The number of anilines is 1. The van der Waals surface area contributed by atoms with Crippen LogP contribution in [0.1, 0.15) is 50.7 Å². The van der Waals surface area contributed by atoms with Gasteiger partial charge in [0.2, 0.25) is 0 Å². The van der Waals surface area contributed by atoms with Crippen LogP contribution in [0.25, 0.3) is 0 Å². The molecule has 0 aromatic carbocycles. The van der Waals surface area contributed by atoms with Crippen molar-refractivity contribution in [2.24, 2.45) is 12.8 Å². The van der Waals surface area contributed by atoms with Crippen molar-refractivity contribution in [1.29, 1.82) is 0 Å². The van der Waals surface area contributed by atoms with Crippen LogP contribution in [0.4, 0.5) is 5.00 Å². The fraction of sp³-hybridized carbons (Fsp3) is 0.471. The minimum Gasteiger partial charge on any atom is -0.365 e. The van der Waals surface area contributed by atoms with Gasteiger partial charge in [0.25, 0.3) is 11.8 Å². The number of amides is 2. The number of carbonyl (C=O) groups excluding carboxylic acids is 2. The number of aromatic nitrogens is 2. The van der Waals surface area contributed by atoms with Gasteiger partial charge in [0.05, 0.1) is 5.56 Å². The Morgan fingerprint density at radius 1 is 1.40 bits per heavy atom. The van der Waals surface area contributed by atoms with Crippen molar-refractivity contribution >= 4 is 28.2 Å². The first-order valence-electron chi connectivity index (χ1n) is 8.28. The Morgan fingerprint density at radius 3 is 2.68 bits per heavy atom. The molecule has 25 heavy (non-hydrogen) atoms. The van der Waals surface area contributed by atoms with Crippen LogP contribution in [0.15, 0.2) is 6.20 Å². The molecule has 2 amide bonds. The molecule has 3 rings (SSSR count). The van der Waals surface area contributed by atoms with Crippen LogP contribution >= 0.6 is 11.3 Å². The minimum absolute atomic E-state index is 0.320. The Hall–Kier alpha value is -2.19. The molecule has 3 N–H and O–H groups in total. The van der Waals surface area contributed by atoms with Crippen molar-refractivity contribution < 1.29 is 9.59 Å². The normalized spacial score (nSPS) is 14.6. The second-order valence-corrected chi connectivity index (χ2v) is 7.78. The highest BCUT2D eigenvalue weighted by Gasteiger charge is 2.29. The number of rotatable bonds is 4. The number of primary amides is 1. The van der Waals surface area contributed by atoms with Gasteiger partial charge < -0.3 is 11.1 Å². The molecule has 1 aliphatic rings. The molecule has 2 aromatic rings. The Kier molecular flexibility index (Phi) is 4.66. The van der Waals surface area contributed by atoms with Crippen molar-refractivity contribution in [3.8, 4) is 0 Å². The molecule has 0 radical (unpaired) electrons. The van der Waals surface area contributed by atoms with Gasteiger partial charge in [0.1, 0.15) is 5.00 Å². The van der Waals surface area contributed by atoms with Crippen LogP contribution in [-0.4, -0.2) is 39.1 Å².